The van der Waals surface area contributed by atoms with Crippen molar-refractivity contribution in [3.05, 3.63) is 12.2 Å². The van der Waals surface area contributed by atoms with Crippen molar-refractivity contribution >= 4 is 12.3 Å². The maximum Gasteiger partial charge on any atom is 0.225 e. The molecule has 0 aromatic heterocycles. The zero-order valence-electron chi connectivity index (χ0n) is 13.9. The van der Waals surface area contributed by atoms with Gasteiger partial charge in [0.05, 0.1) is 30.2 Å². The van der Waals surface area contributed by atoms with E-state index in [1.807, 2.05) is 0 Å². The molecule has 1 aliphatic rings. The number of amides is 2. The monoisotopic (exact) mass is 312 g/mol. The maximum absolute atomic E-state index is 12.4. The van der Waals surface area contributed by atoms with E-state index in [0.29, 0.717) is 12.1 Å². The molecule has 6 heteroatoms. The van der Waals surface area contributed by atoms with Crippen LogP contribution in [0.4, 0.5) is 0 Å². The Morgan fingerprint density at radius 2 is 2.14 bits per heavy atom. The Bertz CT molecular complexity index is 413. The van der Waals surface area contributed by atoms with Crippen LogP contribution in [0.3, 0.4) is 0 Å². The number of hydrogen-bond acceptors (Lipinski definition) is 4. The second-order valence-electron chi connectivity index (χ2n) is 6.13. The lowest BCUT2D eigenvalue weighted by Gasteiger charge is -2.32. The van der Waals surface area contributed by atoms with Gasteiger partial charge in [0.1, 0.15) is 0 Å². The van der Waals surface area contributed by atoms with E-state index < -0.39 is 18.1 Å². The van der Waals surface area contributed by atoms with Gasteiger partial charge in [-0.05, 0) is 26.7 Å². The third kappa shape index (κ3) is 4.30. The highest BCUT2D eigenvalue weighted by Crippen LogP contribution is 2.25. The van der Waals surface area contributed by atoms with Crippen molar-refractivity contribution in [1.29, 1.82) is 0 Å². The molecule has 5 unspecified atom stereocenters. The smallest absolute Gasteiger partial charge is 0.225 e. The van der Waals surface area contributed by atoms with Crippen LogP contribution < -0.4 is 5.32 Å². The number of ether oxygens (including phenoxy) is 1. The predicted octanol–water partition coefficient (Wildman–Crippen LogP) is 0.700. The predicted molar refractivity (Wildman–Crippen MR) is 84.2 cm³/mol. The number of nitrogens with zero attached hydrogens (tertiary/aromatic N) is 1. The minimum Gasteiger partial charge on any atom is -0.387 e. The van der Waals surface area contributed by atoms with Crippen LogP contribution >= 0.6 is 0 Å². The van der Waals surface area contributed by atoms with Gasteiger partial charge in [-0.25, -0.2) is 0 Å². The third-order valence-electron chi connectivity index (χ3n) is 4.38. The fraction of sp³-hybridized carbons (Fsp3) is 0.750. The number of methoxy groups -OCH3 is 1. The number of nitrogens with one attached hydrogen (secondary N) is 1. The van der Waals surface area contributed by atoms with Crippen LogP contribution in [0.25, 0.3) is 0 Å². The molecule has 1 fully saturated rings. The molecule has 5 atom stereocenters. The quantitative estimate of drug-likeness (QED) is 0.511. The van der Waals surface area contributed by atoms with Crippen LogP contribution in [0.5, 0.6) is 0 Å². The normalized spacial score (nSPS) is 23.5. The number of carbonyl (C=O) groups excluding carboxylic acids is 2. The Morgan fingerprint density at radius 1 is 1.50 bits per heavy atom. The topological polar surface area (TPSA) is 78.9 Å². The highest BCUT2D eigenvalue weighted by atomic mass is 16.5. The van der Waals surface area contributed by atoms with Gasteiger partial charge in [-0.3, -0.25) is 9.59 Å². The molecule has 0 aromatic rings. The van der Waals surface area contributed by atoms with Crippen LogP contribution in [0, 0.1) is 5.92 Å². The SMILES string of the molecule is C=C(C)C(O)C(C)NC(=O)C(C)C(OC)C1CCCN1C=O. The van der Waals surface area contributed by atoms with Crippen molar-refractivity contribution in [2.24, 2.45) is 5.92 Å². The summed E-state index contributed by atoms with van der Waals surface area (Å²) in [6, 6.07) is -0.500. The average molecular weight is 312 g/mol. The summed E-state index contributed by atoms with van der Waals surface area (Å²) < 4.78 is 5.50. The molecular formula is C16H28N2O4. The average Bonchev–Trinajstić information content (AvgIpc) is 2.95. The first-order chi connectivity index (χ1) is 10.3. The molecule has 0 aromatic carbocycles. The maximum atomic E-state index is 12.4. The van der Waals surface area contributed by atoms with E-state index in [-0.39, 0.29) is 18.1 Å². The molecule has 0 aliphatic carbocycles. The molecule has 2 amide bonds. The molecule has 2 N–H and O–H groups in total. The summed E-state index contributed by atoms with van der Waals surface area (Å²) in [7, 11) is 1.56. The minimum absolute atomic E-state index is 0.0791. The van der Waals surface area contributed by atoms with Crippen molar-refractivity contribution in [3.8, 4) is 0 Å². The number of rotatable bonds is 8. The highest BCUT2D eigenvalue weighted by Gasteiger charge is 2.37. The fourth-order valence-electron chi connectivity index (χ4n) is 3.00. The van der Waals surface area contributed by atoms with Gasteiger partial charge in [0, 0.05) is 13.7 Å². The second kappa shape index (κ2) is 8.29. The summed E-state index contributed by atoms with van der Waals surface area (Å²) in [4.78, 5) is 25.2. The summed E-state index contributed by atoms with van der Waals surface area (Å²) in [5.41, 5.74) is 0.603. The first-order valence-corrected chi connectivity index (χ1v) is 7.71. The van der Waals surface area contributed by atoms with Crippen molar-refractivity contribution < 1.29 is 19.4 Å². The summed E-state index contributed by atoms with van der Waals surface area (Å²) in [5.74, 6) is -0.618. The van der Waals surface area contributed by atoms with E-state index in [1.165, 1.54) is 0 Å². The Balaban J connectivity index is 2.70. The molecule has 0 saturated carbocycles. The van der Waals surface area contributed by atoms with Gasteiger partial charge in [-0.2, -0.15) is 0 Å². The molecule has 126 valence electrons. The molecule has 0 radical (unpaired) electrons. The molecule has 0 spiro atoms. The van der Waals surface area contributed by atoms with Crippen LogP contribution in [-0.4, -0.2) is 60.3 Å². The Labute approximate surface area is 132 Å². The highest BCUT2D eigenvalue weighted by molar-refractivity contribution is 5.79. The molecular weight excluding hydrogens is 284 g/mol. The largest absolute Gasteiger partial charge is 0.387 e. The van der Waals surface area contributed by atoms with Gasteiger partial charge in [0.25, 0.3) is 0 Å². The lowest BCUT2D eigenvalue weighted by atomic mass is 9.94. The van der Waals surface area contributed by atoms with Gasteiger partial charge in [-0.1, -0.05) is 19.1 Å². The zero-order valence-corrected chi connectivity index (χ0v) is 13.9. The van der Waals surface area contributed by atoms with Gasteiger partial charge in [0.2, 0.25) is 12.3 Å². The van der Waals surface area contributed by atoms with Crippen LogP contribution in [0.15, 0.2) is 12.2 Å². The van der Waals surface area contributed by atoms with E-state index >= 15 is 0 Å². The van der Waals surface area contributed by atoms with E-state index in [0.717, 1.165) is 19.3 Å². The molecule has 1 heterocycles. The first kappa shape index (κ1) is 18.6. The van der Waals surface area contributed by atoms with Crippen molar-refractivity contribution in [2.75, 3.05) is 13.7 Å². The van der Waals surface area contributed by atoms with Crippen LogP contribution in [0.1, 0.15) is 33.6 Å². The Hall–Kier alpha value is -1.40. The fourth-order valence-corrected chi connectivity index (χ4v) is 3.00. The number of aliphatic hydroxyl groups is 1. The van der Waals surface area contributed by atoms with Crippen molar-refractivity contribution in [2.45, 2.75) is 57.9 Å². The second-order valence-corrected chi connectivity index (χ2v) is 6.13. The molecule has 1 aliphatic heterocycles. The third-order valence-corrected chi connectivity index (χ3v) is 4.38. The zero-order chi connectivity index (χ0) is 16.9. The van der Waals surface area contributed by atoms with Gasteiger partial charge in [0.15, 0.2) is 0 Å². The van der Waals surface area contributed by atoms with Crippen LogP contribution in [-0.2, 0) is 14.3 Å². The van der Waals surface area contributed by atoms with E-state index in [1.54, 1.807) is 32.8 Å². The van der Waals surface area contributed by atoms with E-state index in [4.69, 9.17) is 4.74 Å². The number of likely N-dealkylation sites (tertiary alicyclic amines) is 1. The van der Waals surface area contributed by atoms with Gasteiger partial charge >= 0.3 is 0 Å². The molecule has 1 rings (SSSR count). The molecule has 0 bridgehead atoms. The summed E-state index contributed by atoms with van der Waals surface area (Å²) in [5, 5.41) is 12.7. The van der Waals surface area contributed by atoms with Gasteiger partial charge in [-0.15, -0.1) is 0 Å². The molecule has 22 heavy (non-hydrogen) atoms. The van der Waals surface area contributed by atoms with Crippen LogP contribution in [0.2, 0.25) is 0 Å². The summed E-state index contributed by atoms with van der Waals surface area (Å²) in [6.45, 7) is 9.63. The summed E-state index contributed by atoms with van der Waals surface area (Å²) >= 11 is 0. The first-order valence-electron chi connectivity index (χ1n) is 7.71. The number of carbonyl (C=O) groups is 2. The van der Waals surface area contributed by atoms with E-state index in [2.05, 4.69) is 11.9 Å². The van der Waals surface area contributed by atoms with Crippen molar-refractivity contribution in [3.63, 3.8) is 0 Å². The van der Waals surface area contributed by atoms with E-state index in [9.17, 15) is 14.7 Å². The lowest BCUT2D eigenvalue weighted by Crippen LogP contribution is -2.50. The Morgan fingerprint density at radius 3 is 2.64 bits per heavy atom. The number of hydrogen-bond donors (Lipinski definition) is 2. The van der Waals surface area contributed by atoms with Gasteiger partial charge < -0.3 is 20.1 Å². The number of aliphatic hydroxyl groups excluding tert-OH is 1. The molecule has 6 nitrogen and oxygen atoms in total. The molecule has 1 saturated heterocycles. The summed E-state index contributed by atoms with van der Waals surface area (Å²) in [6.07, 6.45) is 1.43. The lowest BCUT2D eigenvalue weighted by molar-refractivity contribution is -0.134. The standard InChI is InChI=1S/C16H28N2O4/c1-10(2)14(20)12(4)17-16(21)11(3)15(22-5)13-7-6-8-18(13)9-19/h9,11-15,20H,1,6-8H2,2-5H3,(H,17,21). The van der Waals surface area contributed by atoms with Crippen molar-refractivity contribution in [1.82, 2.24) is 10.2 Å². The Kier molecular flexibility index (Phi) is 7.03. The minimum atomic E-state index is -0.782.